The lowest BCUT2D eigenvalue weighted by molar-refractivity contribution is 0.478. The minimum atomic E-state index is 0.231. The fraction of sp³-hybridized carbons (Fsp3) is 0.0909. The molecule has 1 N–H and O–H groups in total. The monoisotopic (exact) mass is 511 g/mol. The Bertz CT molecular complexity index is 1240. The molecule has 3 aromatic heterocycles. The highest BCUT2D eigenvalue weighted by molar-refractivity contribution is 9.11. The zero-order valence-corrected chi connectivity index (χ0v) is 19.2. The lowest BCUT2D eigenvalue weighted by atomic mass is 10.1. The van der Waals surface area contributed by atoms with Crippen molar-refractivity contribution in [2.75, 3.05) is 5.32 Å². The van der Waals surface area contributed by atoms with Crippen molar-refractivity contribution in [3.05, 3.63) is 86.7 Å². The number of ether oxygens (including phenoxy) is 1. The molecule has 0 aliphatic rings. The van der Waals surface area contributed by atoms with Crippen molar-refractivity contribution in [1.29, 1.82) is 5.26 Å². The number of nitriles is 1. The second kappa shape index (κ2) is 9.88. The highest BCUT2D eigenvalue weighted by atomic mass is 79.9. The van der Waals surface area contributed by atoms with E-state index in [1.165, 1.54) is 29.3 Å². The molecule has 0 aliphatic heterocycles. The third kappa shape index (κ3) is 5.39. The number of hydrogen-bond donors (Lipinski definition) is 1. The zero-order chi connectivity index (χ0) is 21.6. The standard InChI is InChI=1S/C22H15BrClN5OS/c23-21-18(7-6-14-4-2-1-3-5-14)28-22(31-21)29-20-10-15(8-9-27-20)30-19-13-26-12-17(24)16(19)11-25/h1-5,8-10,12-13H,6-7H2,(H,27,28,29). The first-order chi connectivity index (χ1) is 15.1. The van der Waals surface area contributed by atoms with Crippen LogP contribution in [0.25, 0.3) is 0 Å². The summed E-state index contributed by atoms with van der Waals surface area (Å²) in [6, 6.07) is 15.8. The lowest BCUT2D eigenvalue weighted by Crippen LogP contribution is -1.96. The quantitative estimate of drug-likeness (QED) is 0.303. The summed E-state index contributed by atoms with van der Waals surface area (Å²) in [5.41, 5.74) is 2.50. The van der Waals surface area contributed by atoms with Crippen LogP contribution in [0.1, 0.15) is 16.8 Å². The van der Waals surface area contributed by atoms with Crippen LogP contribution in [0.2, 0.25) is 5.02 Å². The Morgan fingerprint density at radius 1 is 1.16 bits per heavy atom. The topological polar surface area (TPSA) is 83.7 Å². The van der Waals surface area contributed by atoms with E-state index in [1.807, 2.05) is 24.3 Å². The van der Waals surface area contributed by atoms with Crippen LogP contribution < -0.4 is 10.1 Å². The van der Waals surface area contributed by atoms with Crippen molar-refractivity contribution >= 4 is 49.8 Å². The normalized spacial score (nSPS) is 10.5. The Labute approximate surface area is 196 Å². The van der Waals surface area contributed by atoms with Crippen LogP contribution >= 0.6 is 38.9 Å². The molecule has 0 saturated carbocycles. The molecule has 3 heterocycles. The van der Waals surface area contributed by atoms with Crippen molar-refractivity contribution in [2.24, 2.45) is 0 Å². The number of nitrogens with zero attached hydrogens (tertiary/aromatic N) is 4. The van der Waals surface area contributed by atoms with Gasteiger partial charge < -0.3 is 10.1 Å². The Balaban J connectivity index is 1.46. The molecule has 0 unspecified atom stereocenters. The summed E-state index contributed by atoms with van der Waals surface area (Å²) >= 11 is 11.1. The van der Waals surface area contributed by atoms with Gasteiger partial charge in [0.1, 0.15) is 23.2 Å². The summed E-state index contributed by atoms with van der Waals surface area (Å²) in [6.07, 6.45) is 6.22. The number of aromatic nitrogens is 3. The first kappa shape index (κ1) is 21.2. The number of halogens is 2. The molecule has 0 fully saturated rings. The van der Waals surface area contributed by atoms with Gasteiger partial charge in [-0.1, -0.05) is 53.3 Å². The third-order valence-corrected chi connectivity index (χ3v) is 6.35. The summed E-state index contributed by atoms with van der Waals surface area (Å²) in [6.45, 7) is 0. The van der Waals surface area contributed by atoms with Crippen molar-refractivity contribution in [3.8, 4) is 17.6 Å². The Kier molecular flexibility index (Phi) is 6.77. The average Bonchev–Trinajstić information content (AvgIpc) is 3.12. The Morgan fingerprint density at radius 3 is 2.81 bits per heavy atom. The van der Waals surface area contributed by atoms with Crippen LogP contribution in [-0.4, -0.2) is 15.0 Å². The van der Waals surface area contributed by atoms with E-state index in [2.05, 4.69) is 48.3 Å². The van der Waals surface area contributed by atoms with E-state index in [0.717, 1.165) is 27.5 Å². The summed E-state index contributed by atoms with van der Waals surface area (Å²) in [4.78, 5) is 13.0. The smallest absolute Gasteiger partial charge is 0.189 e. The molecular weight excluding hydrogens is 498 g/mol. The van der Waals surface area contributed by atoms with E-state index in [4.69, 9.17) is 16.3 Å². The van der Waals surface area contributed by atoms with E-state index in [0.29, 0.717) is 11.6 Å². The minimum Gasteiger partial charge on any atom is -0.454 e. The Morgan fingerprint density at radius 2 is 2.00 bits per heavy atom. The predicted molar refractivity (Wildman–Crippen MR) is 125 cm³/mol. The van der Waals surface area contributed by atoms with E-state index in [9.17, 15) is 5.26 Å². The number of anilines is 2. The number of hydrogen-bond acceptors (Lipinski definition) is 7. The van der Waals surface area contributed by atoms with E-state index >= 15 is 0 Å². The van der Waals surface area contributed by atoms with Gasteiger partial charge in [-0.3, -0.25) is 4.98 Å². The molecule has 0 saturated heterocycles. The minimum absolute atomic E-state index is 0.231. The molecule has 0 aliphatic carbocycles. The molecule has 4 rings (SSSR count). The maximum Gasteiger partial charge on any atom is 0.189 e. The van der Waals surface area contributed by atoms with Gasteiger partial charge in [-0.05, 0) is 40.4 Å². The predicted octanol–water partition coefficient (Wildman–Crippen LogP) is 6.54. The molecule has 4 aromatic rings. The van der Waals surface area contributed by atoms with Gasteiger partial charge in [-0.2, -0.15) is 5.26 Å². The molecule has 154 valence electrons. The van der Waals surface area contributed by atoms with Crippen LogP contribution in [0, 0.1) is 11.3 Å². The molecule has 9 heteroatoms. The van der Waals surface area contributed by atoms with Crippen molar-refractivity contribution in [3.63, 3.8) is 0 Å². The molecule has 0 radical (unpaired) electrons. The summed E-state index contributed by atoms with van der Waals surface area (Å²) in [5, 5.41) is 13.5. The first-order valence-electron chi connectivity index (χ1n) is 9.26. The maximum atomic E-state index is 9.29. The second-order valence-corrected chi connectivity index (χ2v) is 9.16. The number of aryl methyl sites for hydroxylation is 2. The van der Waals surface area contributed by atoms with Crippen LogP contribution in [0.15, 0.2) is 64.8 Å². The summed E-state index contributed by atoms with van der Waals surface area (Å²) in [7, 11) is 0. The number of pyridine rings is 2. The average molecular weight is 513 g/mol. The van der Waals surface area contributed by atoms with E-state index < -0.39 is 0 Å². The molecule has 6 nitrogen and oxygen atoms in total. The van der Waals surface area contributed by atoms with Crippen LogP contribution in [0.3, 0.4) is 0 Å². The highest BCUT2D eigenvalue weighted by Gasteiger charge is 2.12. The van der Waals surface area contributed by atoms with Gasteiger partial charge in [0, 0.05) is 18.5 Å². The molecule has 31 heavy (non-hydrogen) atoms. The van der Waals surface area contributed by atoms with Crippen LogP contribution in [0.4, 0.5) is 10.9 Å². The van der Waals surface area contributed by atoms with Gasteiger partial charge in [0.05, 0.1) is 20.7 Å². The fourth-order valence-electron chi connectivity index (χ4n) is 2.83. The lowest BCUT2D eigenvalue weighted by Gasteiger charge is -2.09. The largest absolute Gasteiger partial charge is 0.454 e. The van der Waals surface area contributed by atoms with E-state index in [1.54, 1.807) is 18.3 Å². The Hall–Kier alpha value is -2.99. The van der Waals surface area contributed by atoms with Gasteiger partial charge >= 0.3 is 0 Å². The zero-order valence-electron chi connectivity index (χ0n) is 16.0. The first-order valence-corrected chi connectivity index (χ1v) is 11.2. The molecule has 0 atom stereocenters. The number of rotatable bonds is 7. The van der Waals surface area contributed by atoms with Crippen molar-refractivity contribution < 1.29 is 4.74 Å². The SMILES string of the molecule is N#Cc1c(Cl)cncc1Oc1ccnc(Nc2nc(CCc3ccccc3)c(Br)s2)c1. The van der Waals surface area contributed by atoms with Crippen molar-refractivity contribution in [2.45, 2.75) is 12.8 Å². The van der Waals surface area contributed by atoms with Crippen LogP contribution in [-0.2, 0) is 12.8 Å². The van der Waals surface area contributed by atoms with Gasteiger partial charge in [-0.15, -0.1) is 0 Å². The molecule has 1 aromatic carbocycles. The maximum absolute atomic E-state index is 9.29. The second-order valence-electron chi connectivity index (χ2n) is 6.44. The molecule has 0 bridgehead atoms. The molecular formula is C22H15BrClN5OS. The summed E-state index contributed by atoms with van der Waals surface area (Å²) < 4.78 is 6.79. The van der Waals surface area contributed by atoms with Gasteiger partial charge in [-0.25, -0.2) is 9.97 Å². The molecule has 0 amide bonds. The van der Waals surface area contributed by atoms with Crippen LogP contribution in [0.5, 0.6) is 11.5 Å². The van der Waals surface area contributed by atoms with Crippen molar-refractivity contribution in [1.82, 2.24) is 15.0 Å². The number of benzene rings is 1. The number of thiazole rings is 1. The number of nitrogens with one attached hydrogen (secondary N) is 1. The third-order valence-electron chi connectivity index (χ3n) is 4.31. The highest BCUT2D eigenvalue weighted by Crippen LogP contribution is 2.33. The fourth-order valence-corrected chi connectivity index (χ4v) is 4.52. The van der Waals surface area contributed by atoms with Gasteiger partial charge in [0.15, 0.2) is 10.9 Å². The van der Waals surface area contributed by atoms with Gasteiger partial charge in [0.2, 0.25) is 0 Å². The van der Waals surface area contributed by atoms with E-state index in [-0.39, 0.29) is 16.3 Å². The van der Waals surface area contributed by atoms with Gasteiger partial charge in [0.25, 0.3) is 0 Å². The molecule has 0 spiro atoms. The summed E-state index contributed by atoms with van der Waals surface area (Å²) in [5.74, 6) is 1.35.